The molecule has 1 fully saturated rings. The molecule has 1 aliphatic rings. The molecule has 0 aromatic heterocycles. The first-order chi connectivity index (χ1) is 9.46. The van der Waals surface area contributed by atoms with Gasteiger partial charge in [0.15, 0.2) is 0 Å². The Morgan fingerprint density at radius 1 is 1.35 bits per heavy atom. The zero-order valence-electron chi connectivity index (χ0n) is 10.9. The van der Waals surface area contributed by atoms with Crippen LogP contribution in [0.2, 0.25) is 0 Å². The molecule has 1 aliphatic heterocycles. The number of benzene rings is 1. The van der Waals surface area contributed by atoms with Crippen LogP contribution >= 0.6 is 11.8 Å². The van der Waals surface area contributed by atoms with Gasteiger partial charge in [0.25, 0.3) is 5.69 Å². The summed E-state index contributed by atoms with van der Waals surface area (Å²) in [5.74, 6) is 1.53. The first-order valence-corrected chi connectivity index (χ1v) is 8.60. The van der Waals surface area contributed by atoms with E-state index in [1.807, 2.05) is 0 Å². The fraction of sp³-hybridized carbons (Fsp3) is 0.455. The second-order valence-corrected chi connectivity index (χ2v) is 7.34. The number of rotatable bonds is 4. The van der Waals surface area contributed by atoms with Gasteiger partial charge in [-0.15, -0.1) is 0 Å². The maximum atomic E-state index is 12.6. The van der Waals surface area contributed by atoms with Crippen molar-refractivity contribution in [1.82, 2.24) is 4.31 Å². The molecule has 1 aromatic rings. The van der Waals surface area contributed by atoms with Gasteiger partial charge in [-0.3, -0.25) is 10.1 Å². The van der Waals surface area contributed by atoms with E-state index in [4.69, 9.17) is 0 Å². The summed E-state index contributed by atoms with van der Waals surface area (Å²) in [6, 6.07) is 3.75. The molecule has 0 spiro atoms. The van der Waals surface area contributed by atoms with E-state index < -0.39 is 14.9 Å². The van der Waals surface area contributed by atoms with E-state index in [1.165, 1.54) is 22.5 Å². The largest absolute Gasteiger partial charge is 0.387 e. The van der Waals surface area contributed by atoms with Gasteiger partial charge in [0.05, 0.1) is 10.6 Å². The van der Waals surface area contributed by atoms with Gasteiger partial charge in [-0.25, -0.2) is 8.42 Å². The Bertz CT molecular complexity index is 612. The van der Waals surface area contributed by atoms with Crippen LogP contribution in [0.15, 0.2) is 23.1 Å². The number of hydrogen-bond acceptors (Lipinski definition) is 6. The van der Waals surface area contributed by atoms with Gasteiger partial charge in [-0.05, 0) is 6.07 Å². The highest BCUT2D eigenvalue weighted by molar-refractivity contribution is 7.99. The number of anilines is 1. The molecule has 0 amide bonds. The molecule has 0 atom stereocenters. The molecule has 0 radical (unpaired) electrons. The molecule has 0 bridgehead atoms. The summed E-state index contributed by atoms with van der Waals surface area (Å²) in [6.45, 7) is 0.931. The maximum Gasteiger partial charge on any atom is 0.271 e. The minimum atomic E-state index is -3.61. The van der Waals surface area contributed by atoms with Crippen molar-refractivity contribution in [3.8, 4) is 0 Å². The Labute approximate surface area is 121 Å². The van der Waals surface area contributed by atoms with E-state index in [-0.39, 0.29) is 16.3 Å². The van der Waals surface area contributed by atoms with E-state index in [0.29, 0.717) is 13.1 Å². The number of nitrogens with one attached hydrogen (secondary N) is 1. The van der Waals surface area contributed by atoms with E-state index in [1.54, 1.807) is 18.8 Å². The van der Waals surface area contributed by atoms with Crippen LogP contribution in [0.1, 0.15) is 0 Å². The molecule has 0 aliphatic carbocycles. The molecule has 0 unspecified atom stereocenters. The number of nitro groups is 1. The van der Waals surface area contributed by atoms with Crippen molar-refractivity contribution in [2.45, 2.75) is 4.90 Å². The molecule has 1 saturated heterocycles. The monoisotopic (exact) mass is 317 g/mol. The number of thioether (sulfide) groups is 1. The van der Waals surface area contributed by atoms with Crippen LogP contribution in [0.25, 0.3) is 0 Å². The lowest BCUT2D eigenvalue weighted by atomic mass is 10.3. The lowest BCUT2D eigenvalue weighted by molar-refractivity contribution is -0.384. The van der Waals surface area contributed by atoms with Gasteiger partial charge in [0.2, 0.25) is 10.0 Å². The van der Waals surface area contributed by atoms with Gasteiger partial charge in [0.1, 0.15) is 4.90 Å². The highest BCUT2D eigenvalue weighted by Crippen LogP contribution is 2.29. The molecule has 7 nitrogen and oxygen atoms in total. The van der Waals surface area contributed by atoms with Crippen LogP contribution < -0.4 is 5.32 Å². The van der Waals surface area contributed by atoms with Gasteiger partial charge >= 0.3 is 0 Å². The number of nitro benzene ring substituents is 1. The number of hydrogen-bond donors (Lipinski definition) is 1. The maximum absolute atomic E-state index is 12.6. The topological polar surface area (TPSA) is 92.5 Å². The van der Waals surface area contributed by atoms with Crippen LogP contribution in [-0.2, 0) is 10.0 Å². The van der Waals surface area contributed by atoms with Crippen molar-refractivity contribution < 1.29 is 13.3 Å². The molecule has 1 N–H and O–H groups in total. The molecule has 9 heteroatoms. The van der Waals surface area contributed by atoms with Crippen LogP contribution in [0.3, 0.4) is 0 Å². The first-order valence-electron chi connectivity index (χ1n) is 6.01. The second-order valence-electron chi connectivity index (χ2n) is 4.20. The van der Waals surface area contributed by atoms with Crippen LogP contribution in [-0.4, -0.2) is 49.3 Å². The van der Waals surface area contributed by atoms with E-state index in [2.05, 4.69) is 5.32 Å². The summed E-state index contributed by atoms with van der Waals surface area (Å²) in [6.07, 6.45) is 0. The van der Waals surface area contributed by atoms with E-state index >= 15 is 0 Å². The minimum absolute atomic E-state index is 0.0810. The summed E-state index contributed by atoms with van der Waals surface area (Å²) in [4.78, 5) is 10.3. The van der Waals surface area contributed by atoms with Crippen molar-refractivity contribution in [3.63, 3.8) is 0 Å². The fourth-order valence-corrected chi connectivity index (χ4v) is 4.73. The lowest BCUT2D eigenvalue weighted by Gasteiger charge is -2.26. The summed E-state index contributed by atoms with van der Waals surface area (Å²) in [5.41, 5.74) is 0.111. The van der Waals surface area contributed by atoms with Crippen molar-refractivity contribution >= 4 is 33.2 Å². The standard InChI is InChI=1S/C11H15N3O4S2/c1-12-10-8-9(14(15)16)2-3-11(10)20(17,18)13-4-6-19-7-5-13/h2-3,8,12H,4-7H2,1H3. The first kappa shape index (κ1) is 15.1. The quantitative estimate of drug-likeness (QED) is 0.666. The average Bonchev–Trinajstić information content (AvgIpc) is 2.47. The SMILES string of the molecule is CNc1cc([N+](=O)[O-])ccc1S(=O)(=O)N1CCSCC1. The average molecular weight is 317 g/mol. The van der Waals surface area contributed by atoms with Gasteiger partial charge < -0.3 is 5.32 Å². The molecule has 2 rings (SSSR count). The zero-order valence-corrected chi connectivity index (χ0v) is 12.5. The zero-order chi connectivity index (χ0) is 14.8. The van der Waals surface area contributed by atoms with Crippen molar-refractivity contribution in [1.29, 1.82) is 0 Å². The number of non-ortho nitro benzene ring substituents is 1. The highest BCUT2D eigenvalue weighted by Gasteiger charge is 2.29. The molecule has 1 heterocycles. The fourth-order valence-electron chi connectivity index (χ4n) is 1.98. The van der Waals surface area contributed by atoms with Crippen LogP contribution in [0, 0.1) is 10.1 Å². The van der Waals surface area contributed by atoms with Crippen LogP contribution in [0.5, 0.6) is 0 Å². The van der Waals surface area contributed by atoms with Crippen molar-refractivity contribution in [3.05, 3.63) is 28.3 Å². The lowest BCUT2D eigenvalue weighted by Crippen LogP contribution is -2.38. The Hall–Kier alpha value is -1.32. The van der Waals surface area contributed by atoms with Gasteiger partial charge in [0, 0.05) is 43.8 Å². The number of nitrogens with zero attached hydrogens (tertiary/aromatic N) is 2. The Balaban J connectivity index is 2.42. The Morgan fingerprint density at radius 2 is 2.00 bits per heavy atom. The molecular formula is C11H15N3O4S2. The third-order valence-electron chi connectivity index (χ3n) is 3.03. The molecule has 0 saturated carbocycles. The molecule has 110 valence electrons. The van der Waals surface area contributed by atoms with Gasteiger partial charge in [-0.1, -0.05) is 0 Å². The third-order valence-corrected chi connectivity index (χ3v) is 5.93. The van der Waals surface area contributed by atoms with Gasteiger partial charge in [-0.2, -0.15) is 16.1 Å². The summed E-state index contributed by atoms with van der Waals surface area (Å²) in [7, 11) is -2.07. The second kappa shape index (κ2) is 5.98. The number of sulfonamides is 1. The van der Waals surface area contributed by atoms with E-state index in [9.17, 15) is 18.5 Å². The molecular weight excluding hydrogens is 302 g/mol. The summed E-state index contributed by atoms with van der Waals surface area (Å²) in [5, 5.41) is 13.5. The van der Waals surface area contributed by atoms with Crippen molar-refractivity contribution in [2.75, 3.05) is 37.0 Å². The predicted octanol–water partition coefficient (Wildman–Crippen LogP) is 1.37. The van der Waals surface area contributed by atoms with Crippen LogP contribution in [0.4, 0.5) is 11.4 Å². The normalized spacial score (nSPS) is 16.9. The summed E-state index contributed by atoms with van der Waals surface area (Å²) >= 11 is 1.72. The predicted molar refractivity (Wildman–Crippen MR) is 78.7 cm³/mol. The molecule has 1 aromatic carbocycles. The smallest absolute Gasteiger partial charge is 0.271 e. The Kier molecular flexibility index (Phi) is 4.51. The molecule has 20 heavy (non-hydrogen) atoms. The summed E-state index contributed by atoms with van der Waals surface area (Å²) < 4.78 is 26.5. The van der Waals surface area contributed by atoms with Crippen molar-refractivity contribution in [2.24, 2.45) is 0 Å². The minimum Gasteiger partial charge on any atom is -0.387 e. The van der Waals surface area contributed by atoms with E-state index in [0.717, 1.165) is 11.5 Å². The third kappa shape index (κ3) is 2.89. The Morgan fingerprint density at radius 3 is 2.55 bits per heavy atom. The highest BCUT2D eigenvalue weighted by atomic mass is 32.2.